The second-order valence-electron chi connectivity index (χ2n) is 9.56. The van der Waals surface area contributed by atoms with Gasteiger partial charge in [0.1, 0.15) is 24.0 Å². The third-order valence-corrected chi connectivity index (χ3v) is 9.15. The van der Waals surface area contributed by atoms with Gasteiger partial charge in [0.2, 0.25) is 0 Å². The number of ether oxygens (including phenoxy) is 1. The highest BCUT2D eigenvalue weighted by Crippen LogP contribution is 2.31. The quantitative estimate of drug-likeness (QED) is 0.426. The third-order valence-electron chi connectivity index (χ3n) is 6.75. The Balaban J connectivity index is 1.42. The summed E-state index contributed by atoms with van der Waals surface area (Å²) in [6.07, 6.45) is 1.68. The van der Waals surface area contributed by atoms with Gasteiger partial charge in [0.05, 0.1) is 33.2 Å². The molecule has 2 fully saturated rings. The standard InChI is InChI=1S/C26H29F3N4O2S/c1-17-10-20(32-36(34)8-2-3-9-36)13-23-26(17)22(30-16-31-23)11-18-4-5-19(27)12-24(18)35-21-6-7-33(14-21)15-25(28)29/h4-5,10,12-13,16,21,25H,2-3,6-9,11,14-15H2,1H3/t21-/m1/s1. The van der Waals surface area contributed by atoms with Crippen molar-refractivity contribution in [3.63, 3.8) is 0 Å². The number of benzene rings is 2. The molecule has 0 amide bonds. The summed E-state index contributed by atoms with van der Waals surface area (Å²) in [4.78, 5) is 10.6. The second-order valence-corrected chi connectivity index (χ2v) is 12.1. The fourth-order valence-corrected chi connectivity index (χ4v) is 7.26. The average molecular weight is 519 g/mol. The maximum atomic E-state index is 14.1. The van der Waals surface area contributed by atoms with E-state index in [4.69, 9.17) is 4.74 Å². The van der Waals surface area contributed by atoms with Gasteiger partial charge in [-0.05, 0) is 49.9 Å². The zero-order valence-corrected chi connectivity index (χ0v) is 20.9. The van der Waals surface area contributed by atoms with Gasteiger partial charge < -0.3 is 4.74 Å². The summed E-state index contributed by atoms with van der Waals surface area (Å²) in [7, 11) is -2.20. The van der Waals surface area contributed by atoms with Crippen LogP contribution in [0.2, 0.25) is 0 Å². The SMILES string of the molecule is Cc1cc(N=S2(=O)CCCC2)cc2ncnc(Cc3ccc(F)cc3O[C@@H]3CCN(CC(F)F)C3)c12. The van der Waals surface area contributed by atoms with Gasteiger partial charge in [-0.1, -0.05) is 6.07 Å². The first kappa shape index (κ1) is 25.0. The fourth-order valence-electron chi connectivity index (χ4n) is 5.08. The Morgan fingerprint density at radius 1 is 1.19 bits per heavy atom. The predicted octanol–water partition coefficient (Wildman–Crippen LogP) is 5.28. The lowest BCUT2D eigenvalue weighted by molar-refractivity contribution is 0.0930. The monoisotopic (exact) mass is 518 g/mol. The maximum Gasteiger partial charge on any atom is 0.251 e. The summed E-state index contributed by atoms with van der Waals surface area (Å²) in [6.45, 7) is 2.57. The van der Waals surface area contributed by atoms with Crippen LogP contribution in [0.25, 0.3) is 10.9 Å². The van der Waals surface area contributed by atoms with Crippen molar-refractivity contribution < 1.29 is 22.1 Å². The zero-order valence-electron chi connectivity index (χ0n) is 20.1. The van der Waals surface area contributed by atoms with Gasteiger partial charge in [0.15, 0.2) is 0 Å². The third kappa shape index (κ3) is 5.64. The number of aromatic nitrogens is 2. The molecule has 0 radical (unpaired) electrons. The number of likely N-dealkylation sites (tertiary alicyclic amines) is 1. The minimum absolute atomic E-state index is 0.283. The number of aryl methyl sites for hydroxylation is 1. The topological polar surface area (TPSA) is 67.7 Å². The van der Waals surface area contributed by atoms with Crippen molar-refractivity contribution in [2.45, 2.75) is 45.1 Å². The van der Waals surface area contributed by atoms with Gasteiger partial charge >= 0.3 is 0 Å². The molecule has 3 heterocycles. The van der Waals surface area contributed by atoms with E-state index in [1.54, 1.807) is 11.0 Å². The first-order valence-electron chi connectivity index (χ1n) is 12.2. The molecular weight excluding hydrogens is 489 g/mol. The van der Waals surface area contributed by atoms with Gasteiger partial charge in [0, 0.05) is 48.0 Å². The van der Waals surface area contributed by atoms with Crippen molar-refractivity contribution in [3.05, 3.63) is 59.3 Å². The van der Waals surface area contributed by atoms with E-state index < -0.39 is 22.0 Å². The van der Waals surface area contributed by atoms with E-state index in [2.05, 4.69) is 14.3 Å². The first-order valence-corrected chi connectivity index (χ1v) is 14.1. The summed E-state index contributed by atoms with van der Waals surface area (Å²) < 4.78 is 63.2. The van der Waals surface area contributed by atoms with Crippen molar-refractivity contribution in [2.24, 2.45) is 4.36 Å². The summed E-state index contributed by atoms with van der Waals surface area (Å²) in [6, 6.07) is 8.16. The van der Waals surface area contributed by atoms with Crippen molar-refractivity contribution in [1.82, 2.24) is 14.9 Å². The summed E-state index contributed by atoms with van der Waals surface area (Å²) in [5.41, 5.74) is 3.81. The van der Waals surface area contributed by atoms with Crippen LogP contribution in [-0.4, -0.2) is 62.7 Å². The Morgan fingerprint density at radius 3 is 2.78 bits per heavy atom. The average Bonchev–Trinajstić information content (AvgIpc) is 3.43. The molecule has 0 spiro atoms. The Bertz CT molecular complexity index is 1380. The highest BCUT2D eigenvalue weighted by atomic mass is 32.2. The molecule has 2 aliphatic rings. The van der Waals surface area contributed by atoms with Crippen molar-refractivity contribution >= 4 is 26.3 Å². The van der Waals surface area contributed by atoms with Crippen LogP contribution in [0.1, 0.15) is 36.1 Å². The van der Waals surface area contributed by atoms with Crippen LogP contribution in [0.3, 0.4) is 0 Å². The Morgan fingerprint density at radius 2 is 2.00 bits per heavy atom. The van der Waals surface area contributed by atoms with E-state index in [1.165, 1.54) is 18.5 Å². The lowest BCUT2D eigenvalue weighted by atomic mass is 10.0. The zero-order chi connectivity index (χ0) is 25.3. The van der Waals surface area contributed by atoms with Crippen LogP contribution in [0, 0.1) is 12.7 Å². The minimum atomic E-state index is -2.39. The predicted molar refractivity (Wildman–Crippen MR) is 134 cm³/mol. The molecule has 0 aliphatic carbocycles. The second kappa shape index (κ2) is 10.3. The van der Waals surface area contributed by atoms with Crippen LogP contribution in [0.15, 0.2) is 41.0 Å². The largest absolute Gasteiger partial charge is 0.489 e. The van der Waals surface area contributed by atoms with E-state index in [0.717, 1.165) is 35.0 Å². The molecule has 1 atom stereocenters. The lowest BCUT2D eigenvalue weighted by Crippen LogP contribution is -2.29. The number of nitrogens with zero attached hydrogens (tertiary/aromatic N) is 4. The lowest BCUT2D eigenvalue weighted by Gasteiger charge is -2.19. The molecule has 0 saturated carbocycles. The van der Waals surface area contributed by atoms with Gasteiger partial charge in [-0.15, -0.1) is 0 Å². The number of hydrogen-bond acceptors (Lipinski definition) is 6. The molecule has 2 aliphatic heterocycles. The van der Waals surface area contributed by atoms with Crippen molar-refractivity contribution in [1.29, 1.82) is 0 Å². The Hall–Kier alpha value is -2.72. The molecular formula is C26H29F3N4O2S. The van der Waals surface area contributed by atoms with Gasteiger partial charge in [-0.3, -0.25) is 4.90 Å². The molecule has 0 bridgehead atoms. The Kier molecular flexibility index (Phi) is 7.16. The molecule has 2 saturated heterocycles. The molecule has 36 heavy (non-hydrogen) atoms. The number of alkyl halides is 2. The molecule has 3 aromatic rings. The molecule has 10 heteroatoms. The van der Waals surface area contributed by atoms with E-state index in [9.17, 15) is 17.4 Å². The van der Waals surface area contributed by atoms with Crippen LogP contribution in [0.4, 0.5) is 18.9 Å². The van der Waals surface area contributed by atoms with Gasteiger partial charge in [0.25, 0.3) is 6.43 Å². The van der Waals surface area contributed by atoms with Crippen molar-refractivity contribution in [3.8, 4) is 5.75 Å². The smallest absolute Gasteiger partial charge is 0.251 e. The van der Waals surface area contributed by atoms with E-state index >= 15 is 0 Å². The number of fused-ring (bicyclic) bond motifs is 1. The summed E-state index contributed by atoms with van der Waals surface area (Å²) in [5.74, 6) is 1.24. The van der Waals surface area contributed by atoms with Gasteiger partial charge in [-0.25, -0.2) is 27.3 Å². The molecule has 192 valence electrons. The number of rotatable bonds is 7. The molecule has 1 aromatic heterocycles. The fraction of sp³-hybridized carbons (Fsp3) is 0.462. The number of halogens is 3. The molecule has 5 rings (SSSR count). The minimum Gasteiger partial charge on any atom is -0.489 e. The van der Waals surface area contributed by atoms with Crippen LogP contribution in [0.5, 0.6) is 5.75 Å². The number of hydrogen-bond donors (Lipinski definition) is 0. The van der Waals surface area contributed by atoms with Crippen LogP contribution in [-0.2, 0) is 16.1 Å². The Labute approximate surface area is 209 Å². The van der Waals surface area contributed by atoms with Gasteiger partial charge in [-0.2, -0.15) is 4.36 Å². The van der Waals surface area contributed by atoms with E-state index in [1.807, 2.05) is 19.1 Å². The normalized spacial score (nSPS) is 19.9. The van der Waals surface area contributed by atoms with Crippen molar-refractivity contribution in [2.75, 3.05) is 31.1 Å². The van der Waals surface area contributed by atoms with Crippen LogP contribution >= 0.6 is 0 Å². The highest BCUT2D eigenvalue weighted by Gasteiger charge is 2.27. The molecule has 0 N–H and O–H groups in total. The first-order chi connectivity index (χ1) is 17.3. The van der Waals surface area contributed by atoms with E-state index in [0.29, 0.717) is 54.4 Å². The highest BCUT2D eigenvalue weighted by molar-refractivity contribution is 7.93. The van der Waals surface area contributed by atoms with E-state index in [-0.39, 0.29) is 12.6 Å². The maximum absolute atomic E-state index is 14.1. The molecule has 6 nitrogen and oxygen atoms in total. The summed E-state index contributed by atoms with van der Waals surface area (Å²) >= 11 is 0. The molecule has 0 unspecified atom stereocenters. The summed E-state index contributed by atoms with van der Waals surface area (Å²) in [5, 5.41) is 0.872. The molecule has 2 aromatic carbocycles. The van der Waals surface area contributed by atoms with Crippen LogP contribution < -0.4 is 4.74 Å².